The third-order valence-corrected chi connectivity index (χ3v) is 9.41. The van der Waals surface area contributed by atoms with Crippen molar-refractivity contribution in [2.24, 2.45) is 11.8 Å². The van der Waals surface area contributed by atoms with Crippen LogP contribution in [0.2, 0.25) is 0 Å². The zero-order valence-electron chi connectivity index (χ0n) is 25.0. The molecule has 3 aliphatic heterocycles. The van der Waals surface area contributed by atoms with Crippen LogP contribution in [0.4, 0.5) is 0 Å². The molecule has 3 aliphatic rings. The van der Waals surface area contributed by atoms with Crippen molar-refractivity contribution in [1.82, 2.24) is 14.7 Å². The van der Waals surface area contributed by atoms with Gasteiger partial charge in [-0.15, -0.1) is 13.2 Å². The summed E-state index contributed by atoms with van der Waals surface area (Å²) in [6.07, 6.45) is 7.59. The number of amides is 3. The number of ether oxygens (including phenoxy) is 1. The van der Waals surface area contributed by atoms with Crippen molar-refractivity contribution < 1.29 is 24.2 Å². The minimum atomic E-state index is -1.15. The highest BCUT2D eigenvalue weighted by Crippen LogP contribution is 2.65. The van der Waals surface area contributed by atoms with Gasteiger partial charge in [-0.05, 0) is 37.7 Å². The molecule has 3 heterocycles. The molecule has 8 nitrogen and oxygen atoms in total. The van der Waals surface area contributed by atoms with Gasteiger partial charge in [0.25, 0.3) is 0 Å². The van der Waals surface area contributed by atoms with Crippen LogP contribution in [0, 0.1) is 11.8 Å². The van der Waals surface area contributed by atoms with Crippen LogP contribution >= 0.6 is 0 Å². The molecule has 2 unspecified atom stereocenters. The molecule has 3 amide bonds. The number of unbranched alkanes of at least 4 members (excludes halogenated alkanes) is 1. The molecule has 2 bridgehead atoms. The van der Waals surface area contributed by atoms with Gasteiger partial charge < -0.3 is 24.5 Å². The molecule has 3 fully saturated rings. The van der Waals surface area contributed by atoms with Crippen molar-refractivity contribution in [2.45, 2.75) is 82.6 Å². The van der Waals surface area contributed by atoms with Gasteiger partial charge in [0.05, 0.1) is 30.1 Å². The zero-order chi connectivity index (χ0) is 29.8. The highest BCUT2D eigenvalue weighted by molar-refractivity contribution is 5.99. The van der Waals surface area contributed by atoms with Crippen molar-refractivity contribution in [2.75, 3.05) is 32.8 Å². The normalized spacial score (nSPS) is 28.8. The van der Waals surface area contributed by atoms with E-state index < -0.39 is 35.1 Å². The van der Waals surface area contributed by atoms with Gasteiger partial charge in [0.1, 0.15) is 11.6 Å². The third kappa shape index (κ3) is 5.14. The molecule has 0 saturated carbocycles. The number of hydrogen-bond acceptors (Lipinski definition) is 5. The van der Waals surface area contributed by atoms with Crippen LogP contribution in [-0.4, -0.2) is 87.6 Å². The molecule has 1 N–H and O–H groups in total. The summed E-state index contributed by atoms with van der Waals surface area (Å²) in [4.78, 5) is 48.7. The number of benzene rings is 1. The average molecular weight is 566 g/mol. The average Bonchev–Trinajstić information content (AvgIpc) is 3.59. The minimum Gasteiger partial charge on any atom is -0.394 e. The molecule has 1 aromatic carbocycles. The molecule has 0 aliphatic carbocycles. The topological polar surface area (TPSA) is 90.4 Å². The van der Waals surface area contributed by atoms with Crippen molar-refractivity contribution in [3.8, 4) is 0 Å². The van der Waals surface area contributed by atoms with E-state index in [1.54, 1.807) is 26.9 Å². The van der Waals surface area contributed by atoms with E-state index in [1.807, 2.05) is 44.2 Å². The molecule has 1 spiro atoms. The Hall–Kier alpha value is -2.97. The quantitative estimate of drug-likeness (QED) is 0.323. The summed E-state index contributed by atoms with van der Waals surface area (Å²) < 4.78 is 6.97. The van der Waals surface area contributed by atoms with Gasteiger partial charge in [0, 0.05) is 26.2 Å². The Labute approximate surface area is 245 Å². The van der Waals surface area contributed by atoms with Gasteiger partial charge in [0.2, 0.25) is 17.7 Å². The van der Waals surface area contributed by atoms with Gasteiger partial charge in [0.15, 0.2) is 0 Å². The third-order valence-electron chi connectivity index (χ3n) is 9.41. The Balaban J connectivity index is 1.87. The van der Waals surface area contributed by atoms with Crippen LogP contribution in [0.15, 0.2) is 55.6 Å². The Morgan fingerprint density at radius 2 is 1.71 bits per heavy atom. The van der Waals surface area contributed by atoms with E-state index in [1.165, 1.54) is 0 Å². The second kappa shape index (κ2) is 12.9. The number of likely N-dealkylation sites (tertiary alicyclic amines) is 1. The number of aliphatic hydroxyl groups excluding tert-OH is 1. The van der Waals surface area contributed by atoms with Crippen LogP contribution in [0.1, 0.15) is 70.9 Å². The largest absolute Gasteiger partial charge is 0.394 e. The molecule has 4 rings (SSSR count). The lowest BCUT2D eigenvalue weighted by Crippen LogP contribution is -2.57. The second-order valence-electron chi connectivity index (χ2n) is 11.7. The number of hydrogen-bond donors (Lipinski definition) is 1. The van der Waals surface area contributed by atoms with E-state index in [9.17, 15) is 19.5 Å². The van der Waals surface area contributed by atoms with Gasteiger partial charge >= 0.3 is 0 Å². The first kappa shape index (κ1) is 31.0. The first-order valence-corrected chi connectivity index (χ1v) is 15.3. The molecule has 1 aromatic rings. The summed E-state index contributed by atoms with van der Waals surface area (Å²) in [5, 5.41) is 10.7. The van der Waals surface area contributed by atoms with Crippen LogP contribution in [0.3, 0.4) is 0 Å². The standard InChI is InChI=1S/C33H47N3O5/c1-6-11-22-35(21-9-4)31(40)28-33-18-17-32(10-5,41-33)26(29(38)34(19-7-2)20-8-3)27(33)30(39)36(28)25(23-37)24-15-13-12-14-16-24/h7,9,12-16,25-28,37H,2,4,6,8,10-11,17-23H2,1,3,5H3/t25-,26-,27+,28?,32+,33?/m1/s1. The lowest BCUT2D eigenvalue weighted by Gasteiger charge is -2.39. The molecule has 224 valence electrons. The van der Waals surface area contributed by atoms with Crippen molar-refractivity contribution in [1.29, 1.82) is 0 Å². The summed E-state index contributed by atoms with van der Waals surface area (Å²) in [7, 11) is 0. The van der Waals surface area contributed by atoms with Crippen LogP contribution in [0.25, 0.3) is 0 Å². The van der Waals surface area contributed by atoms with E-state index >= 15 is 0 Å². The number of fused-ring (bicyclic) bond motifs is 1. The van der Waals surface area contributed by atoms with Gasteiger partial charge in [-0.1, -0.05) is 69.7 Å². The highest BCUT2D eigenvalue weighted by Gasteiger charge is 2.79. The van der Waals surface area contributed by atoms with Crippen molar-refractivity contribution in [3.63, 3.8) is 0 Å². The minimum absolute atomic E-state index is 0.115. The SMILES string of the molecule is C=CCN(CCCC)C(=O)C1N([C@H](CO)c2ccccc2)C(=O)[C@@H]2[C@H](C(=O)N(CC=C)CCC)[C@]3(CC)CCC12O3. The van der Waals surface area contributed by atoms with E-state index in [0.29, 0.717) is 45.4 Å². The van der Waals surface area contributed by atoms with Gasteiger partial charge in [-0.2, -0.15) is 0 Å². The smallest absolute Gasteiger partial charge is 0.248 e. The summed E-state index contributed by atoms with van der Waals surface area (Å²) in [6, 6.07) is 7.62. The van der Waals surface area contributed by atoms with Crippen LogP contribution in [-0.2, 0) is 19.1 Å². The summed E-state index contributed by atoms with van der Waals surface area (Å²) in [5.41, 5.74) is -1.23. The first-order chi connectivity index (χ1) is 19.8. The van der Waals surface area contributed by atoms with Crippen LogP contribution in [0.5, 0.6) is 0 Å². The molecule has 3 saturated heterocycles. The summed E-state index contributed by atoms with van der Waals surface area (Å²) in [6.45, 7) is 15.3. The van der Waals surface area contributed by atoms with Crippen molar-refractivity contribution in [3.05, 3.63) is 61.2 Å². The van der Waals surface area contributed by atoms with E-state index in [2.05, 4.69) is 20.1 Å². The molecule has 0 aromatic heterocycles. The molecular formula is C33H47N3O5. The predicted molar refractivity (Wildman–Crippen MR) is 159 cm³/mol. The maximum atomic E-state index is 14.7. The number of rotatable bonds is 15. The summed E-state index contributed by atoms with van der Waals surface area (Å²) >= 11 is 0. The number of carbonyl (C=O) groups excluding carboxylic acids is 3. The molecule has 8 heteroatoms. The Kier molecular flexibility index (Phi) is 9.75. The molecular weight excluding hydrogens is 518 g/mol. The number of aliphatic hydroxyl groups is 1. The monoisotopic (exact) mass is 565 g/mol. The fourth-order valence-electron chi connectivity index (χ4n) is 7.56. The maximum absolute atomic E-state index is 14.7. The number of nitrogens with zero attached hydrogens (tertiary/aromatic N) is 3. The number of carbonyl (C=O) groups is 3. The first-order valence-electron chi connectivity index (χ1n) is 15.3. The zero-order valence-corrected chi connectivity index (χ0v) is 25.0. The van der Waals surface area contributed by atoms with Gasteiger partial charge in [-0.25, -0.2) is 0 Å². The fraction of sp³-hybridized carbons (Fsp3) is 0.606. The van der Waals surface area contributed by atoms with Crippen LogP contribution < -0.4 is 0 Å². The van der Waals surface area contributed by atoms with E-state index in [4.69, 9.17) is 4.74 Å². The molecule has 0 radical (unpaired) electrons. The Morgan fingerprint density at radius 3 is 2.27 bits per heavy atom. The van der Waals surface area contributed by atoms with E-state index in [0.717, 1.165) is 24.8 Å². The van der Waals surface area contributed by atoms with Crippen molar-refractivity contribution >= 4 is 17.7 Å². The van der Waals surface area contributed by atoms with E-state index in [-0.39, 0.29) is 24.3 Å². The van der Waals surface area contributed by atoms with Gasteiger partial charge in [-0.3, -0.25) is 14.4 Å². The Bertz CT molecular complexity index is 1130. The summed E-state index contributed by atoms with van der Waals surface area (Å²) in [5.74, 6) is -2.13. The second-order valence-corrected chi connectivity index (χ2v) is 11.7. The highest BCUT2D eigenvalue weighted by atomic mass is 16.5. The lowest BCUT2D eigenvalue weighted by molar-refractivity contribution is -0.158. The fourth-order valence-corrected chi connectivity index (χ4v) is 7.56. The maximum Gasteiger partial charge on any atom is 0.248 e. The molecule has 41 heavy (non-hydrogen) atoms. The lowest BCUT2D eigenvalue weighted by atomic mass is 9.64. The molecule has 6 atom stereocenters. The Morgan fingerprint density at radius 1 is 1.05 bits per heavy atom. The predicted octanol–water partition coefficient (Wildman–Crippen LogP) is 4.11.